The lowest BCUT2D eigenvalue weighted by Crippen LogP contribution is -2.31. The van der Waals surface area contributed by atoms with Crippen LogP contribution in [0.15, 0.2) is 102 Å². The first-order chi connectivity index (χ1) is 23.1. The third-order valence-corrected chi connectivity index (χ3v) is 8.20. The molecule has 6 rings (SSSR count). The molecule has 12 heteroatoms. The molecule has 0 saturated heterocycles. The number of methoxy groups -OCH3 is 1. The van der Waals surface area contributed by atoms with E-state index in [9.17, 15) is 27.9 Å². The molecule has 0 aliphatic heterocycles. The van der Waals surface area contributed by atoms with Gasteiger partial charge in [0.1, 0.15) is 17.2 Å². The van der Waals surface area contributed by atoms with E-state index in [1.165, 1.54) is 35.9 Å². The van der Waals surface area contributed by atoms with Crippen molar-refractivity contribution in [3.63, 3.8) is 0 Å². The van der Waals surface area contributed by atoms with Crippen molar-refractivity contribution in [3.05, 3.63) is 130 Å². The van der Waals surface area contributed by atoms with Gasteiger partial charge in [-0.05, 0) is 60.0 Å². The van der Waals surface area contributed by atoms with Crippen LogP contribution in [0.4, 0.5) is 23.7 Å². The summed E-state index contributed by atoms with van der Waals surface area (Å²) >= 11 is 0. The van der Waals surface area contributed by atoms with Crippen LogP contribution in [0.5, 0.6) is 17.2 Å². The van der Waals surface area contributed by atoms with Gasteiger partial charge in [0.2, 0.25) is 0 Å². The summed E-state index contributed by atoms with van der Waals surface area (Å²) in [6.45, 7) is 0.183. The molecule has 1 atom stereocenters. The van der Waals surface area contributed by atoms with Crippen LogP contribution in [0.25, 0.3) is 21.8 Å². The zero-order chi connectivity index (χ0) is 34.0. The van der Waals surface area contributed by atoms with E-state index < -0.39 is 29.6 Å². The van der Waals surface area contributed by atoms with Gasteiger partial charge >= 0.3 is 12.4 Å². The fourth-order valence-corrected chi connectivity index (χ4v) is 6.05. The summed E-state index contributed by atoms with van der Waals surface area (Å²) < 4.78 is 49.8. The van der Waals surface area contributed by atoms with Crippen molar-refractivity contribution in [2.24, 2.45) is 7.05 Å². The highest BCUT2D eigenvalue weighted by atomic mass is 19.4. The summed E-state index contributed by atoms with van der Waals surface area (Å²) in [4.78, 5) is 30.3. The summed E-state index contributed by atoms with van der Waals surface area (Å²) in [6, 6.07) is 26.1. The Hall–Kier alpha value is -5.91. The van der Waals surface area contributed by atoms with Crippen LogP contribution in [0.2, 0.25) is 0 Å². The normalized spacial score (nSPS) is 12.2. The summed E-state index contributed by atoms with van der Waals surface area (Å²) in [6.07, 6.45) is -4.58. The van der Waals surface area contributed by atoms with E-state index >= 15 is 0 Å². The number of para-hydroxylation sites is 4. The highest BCUT2D eigenvalue weighted by molar-refractivity contribution is 5.91. The SMILES string of the molecule is COc1ccccc1NC(=O)NCCc1c(C(c2ccc(OC(F)(F)F)cc2)c2c(O)c3ccccc3n(C)c2=O)[nH]c2ccccc12. The number of hydrogen-bond donors (Lipinski definition) is 4. The van der Waals surface area contributed by atoms with Gasteiger partial charge in [0, 0.05) is 35.6 Å². The van der Waals surface area contributed by atoms with Crippen LogP contribution in [-0.4, -0.2) is 40.7 Å². The Morgan fingerprint density at radius 3 is 2.33 bits per heavy atom. The molecule has 6 aromatic rings. The maximum Gasteiger partial charge on any atom is 0.573 e. The van der Waals surface area contributed by atoms with Crippen molar-refractivity contribution in [3.8, 4) is 17.2 Å². The van der Waals surface area contributed by atoms with Gasteiger partial charge in [-0.25, -0.2) is 4.79 Å². The molecular formula is C36H31F3N4O5. The number of nitrogens with one attached hydrogen (secondary N) is 3. The molecule has 2 amide bonds. The molecular weight excluding hydrogens is 625 g/mol. The third-order valence-electron chi connectivity index (χ3n) is 8.20. The number of pyridine rings is 1. The van der Waals surface area contributed by atoms with E-state index in [-0.39, 0.29) is 17.9 Å². The van der Waals surface area contributed by atoms with Crippen LogP contribution in [-0.2, 0) is 13.5 Å². The maximum absolute atomic E-state index is 14.0. The Labute approximate surface area is 272 Å². The van der Waals surface area contributed by atoms with Gasteiger partial charge in [0.25, 0.3) is 5.56 Å². The minimum atomic E-state index is -4.89. The number of alkyl halides is 3. The zero-order valence-corrected chi connectivity index (χ0v) is 25.9. The summed E-state index contributed by atoms with van der Waals surface area (Å²) in [5.41, 5.74) is 3.02. The molecule has 4 aromatic carbocycles. The highest BCUT2D eigenvalue weighted by Gasteiger charge is 2.33. The molecule has 0 aliphatic carbocycles. The molecule has 0 fully saturated rings. The monoisotopic (exact) mass is 656 g/mol. The minimum Gasteiger partial charge on any atom is -0.507 e. The number of hydrogen-bond acceptors (Lipinski definition) is 5. The van der Waals surface area contributed by atoms with E-state index in [1.807, 2.05) is 24.3 Å². The topological polar surface area (TPSA) is 118 Å². The quantitative estimate of drug-likeness (QED) is 0.132. The first-order valence-corrected chi connectivity index (χ1v) is 15.0. The lowest BCUT2D eigenvalue weighted by atomic mass is 9.85. The van der Waals surface area contributed by atoms with Crippen LogP contribution in [0.3, 0.4) is 0 Å². The average molecular weight is 657 g/mol. The lowest BCUT2D eigenvalue weighted by molar-refractivity contribution is -0.274. The number of H-pyrrole nitrogens is 1. The Kier molecular flexibility index (Phi) is 8.72. The second-order valence-electron chi connectivity index (χ2n) is 11.1. The first kappa shape index (κ1) is 32.0. The van der Waals surface area contributed by atoms with Gasteiger partial charge < -0.3 is 34.8 Å². The fourth-order valence-electron chi connectivity index (χ4n) is 6.05. The molecule has 0 bridgehead atoms. The molecule has 2 aromatic heterocycles. The zero-order valence-electron chi connectivity index (χ0n) is 25.9. The van der Waals surface area contributed by atoms with Crippen LogP contribution >= 0.6 is 0 Å². The Balaban J connectivity index is 1.44. The van der Waals surface area contributed by atoms with Gasteiger partial charge in [0.05, 0.1) is 29.8 Å². The van der Waals surface area contributed by atoms with Crippen molar-refractivity contribution >= 4 is 33.5 Å². The van der Waals surface area contributed by atoms with Crippen molar-refractivity contribution in [2.75, 3.05) is 19.0 Å². The number of benzene rings is 4. The number of ether oxygens (including phenoxy) is 2. The van der Waals surface area contributed by atoms with Gasteiger partial charge in [-0.2, -0.15) is 0 Å². The minimum absolute atomic E-state index is 0.0374. The van der Waals surface area contributed by atoms with Crippen LogP contribution in [0, 0.1) is 0 Å². The fraction of sp³-hybridized carbons (Fsp3) is 0.167. The number of urea groups is 1. The van der Waals surface area contributed by atoms with Crippen molar-refractivity contribution in [1.29, 1.82) is 0 Å². The second-order valence-corrected chi connectivity index (χ2v) is 11.1. The molecule has 1 unspecified atom stereocenters. The predicted octanol–water partition coefficient (Wildman–Crippen LogP) is 7.18. The number of amides is 2. The number of carbonyl (C=O) groups excluding carboxylic acids is 1. The summed E-state index contributed by atoms with van der Waals surface area (Å²) in [5, 5.41) is 18.6. The van der Waals surface area contributed by atoms with E-state index in [2.05, 4.69) is 20.4 Å². The molecule has 4 N–H and O–H groups in total. The maximum atomic E-state index is 14.0. The average Bonchev–Trinajstić information content (AvgIpc) is 3.43. The van der Waals surface area contributed by atoms with Gasteiger partial charge in [-0.1, -0.05) is 54.6 Å². The Bertz CT molecular complexity index is 2170. The van der Waals surface area contributed by atoms with Crippen LogP contribution < -0.4 is 25.7 Å². The molecule has 0 saturated carbocycles. The number of nitrogens with zero attached hydrogens (tertiary/aromatic N) is 1. The summed E-state index contributed by atoms with van der Waals surface area (Å²) in [5.74, 6) is -1.12. The number of aromatic hydroxyl groups is 1. The number of aromatic nitrogens is 2. The number of anilines is 1. The Morgan fingerprint density at radius 1 is 0.938 bits per heavy atom. The largest absolute Gasteiger partial charge is 0.573 e. The molecule has 48 heavy (non-hydrogen) atoms. The molecule has 2 heterocycles. The number of halogens is 3. The lowest BCUT2D eigenvalue weighted by Gasteiger charge is -2.22. The standard InChI is InChI=1S/C36H31F3N4O5/c1-43-28-13-7-4-10-25(28)33(44)31(34(43)45)30(21-15-17-22(18-16-21)48-36(37,38)39)32-24(23-9-3-5-11-26(23)41-32)19-20-40-35(46)42-27-12-6-8-14-29(27)47-2/h3-18,30,41,44H,19-20H2,1-2H3,(H2,40,42,46). The van der Waals surface area contributed by atoms with Gasteiger partial charge in [0.15, 0.2) is 0 Å². The van der Waals surface area contributed by atoms with Crippen LogP contribution in [0.1, 0.15) is 28.3 Å². The highest BCUT2D eigenvalue weighted by Crippen LogP contribution is 2.41. The molecule has 0 aliphatic rings. The molecule has 9 nitrogen and oxygen atoms in total. The number of aryl methyl sites for hydroxylation is 1. The van der Waals surface area contributed by atoms with Crippen molar-refractivity contribution in [2.45, 2.75) is 18.7 Å². The smallest absolute Gasteiger partial charge is 0.507 e. The van der Waals surface area contributed by atoms with Gasteiger partial charge in [-0.3, -0.25) is 4.79 Å². The number of rotatable bonds is 9. The van der Waals surface area contributed by atoms with E-state index in [1.54, 1.807) is 55.6 Å². The molecule has 0 spiro atoms. The molecule has 0 radical (unpaired) electrons. The number of carbonyl (C=O) groups is 1. The number of fused-ring (bicyclic) bond motifs is 2. The van der Waals surface area contributed by atoms with E-state index in [4.69, 9.17) is 4.74 Å². The van der Waals surface area contributed by atoms with E-state index in [0.717, 1.165) is 16.5 Å². The molecule has 246 valence electrons. The third kappa shape index (κ3) is 6.37. The van der Waals surface area contributed by atoms with Crippen molar-refractivity contribution < 1.29 is 32.5 Å². The van der Waals surface area contributed by atoms with Gasteiger partial charge in [-0.15, -0.1) is 13.2 Å². The predicted molar refractivity (Wildman–Crippen MR) is 177 cm³/mol. The number of aromatic amines is 1. The second kappa shape index (κ2) is 13.1. The first-order valence-electron chi connectivity index (χ1n) is 15.0. The summed E-state index contributed by atoms with van der Waals surface area (Å²) in [7, 11) is 3.10. The van der Waals surface area contributed by atoms with Crippen molar-refractivity contribution in [1.82, 2.24) is 14.9 Å². The van der Waals surface area contributed by atoms with E-state index in [0.29, 0.717) is 40.0 Å². The Morgan fingerprint density at radius 2 is 1.60 bits per heavy atom.